The van der Waals surface area contributed by atoms with Crippen LogP contribution in [-0.4, -0.2) is 59.2 Å². The number of carbonyl (C=O) groups is 1. The summed E-state index contributed by atoms with van der Waals surface area (Å²) in [7, 11) is 0. The molecule has 3 aliphatic heterocycles. The fourth-order valence-electron chi connectivity index (χ4n) is 4.50. The van der Waals surface area contributed by atoms with E-state index in [1.54, 1.807) is 0 Å². The number of amides is 1. The third kappa shape index (κ3) is 2.65. The van der Waals surface area contributed by atoms with Gasteiger partial charge in [-0.15, -0.1) is 0 Å². The highest BCUT2D eigenvalue weighted by atomic mass is 32.2. The number of hydrogen-bond donors (Lipinski definition) is 1. The van der Waals surface area contributed by atoms with Crippen LogP contribution in [-0.2, 0) is 9.53 Å². The van der Waals surface area contributed by atoms with E-state index in [1.165, 1.54) is 24.2 Å². The van der Waals surface area contributed by atoms with Crippen LogP contribution < -0.4 is 10.2 Å². The number of nitrogens with zero attached hydrogens (tertiary/aromatic N) is 3. The van der Waals surface area contributed by atoms with Gasteiger partial charge in [-0.3, -0.25) is 4.79 Å². The minimum absolute atomic E-state index is 0.0797. The van der Waals surface area contributed by atoms with E-state index >= 15 is 0 Å². The summed E-state index contributed by atoms with van der Waals surface area (Å²) in [4.78, 5) is 22.1. The first-order chi connectivity index (χ1) is 11.6. The van der Waals surface area contributed by atoms with Crippen molar-refractivity contribution in [1.29, 1.82) is 0 Å². The Morgan fingerprint density at radius 3 is 3.08 bits per heavy atom. The number of thioether (sulfide) groups is 1. The maximum Gasteiger partial charge on any atom is 0.229 e. The number of rotatable bonds is 5. The van der Waals surface area contributed by atoms with Crippen LogP contribution in [0.15, 0.2) is 12.4 Å². The number of halogens is 1. The summed E-state index contributed by atoms with van der Waals surface area (Å²) in [6, 6.07) is 0. The van der Waals surface area contributed by atoms with E-state index in [0.29, 0.717) is 30.1 Å². The zero-order valence-corrected chi connectivity index (χ0v) is 14.4. The molecule has 4 heterocycles. The summed E-state index contributed by atoms with van der Waals surface area (Å²) >= 11 is 1.53. The fraction of sp³-hybridized carbons (Fsp3) is 0.688. The van der Waals surface area contributed by atoms with E-state index in [0.717, 1.165) is 25.9 Å². The van der Waals surface area contributed by atoms with Gasteiger partial charge in [-0.05, 0) is 19.1 Å². The number of carbonyl (C=O) groups excluding carboxylic acids is 1. The van der Waals surface area contributed by atoms with Gasteiger partial charge in [0.15, 0.2) is 5.82 Å². The van der Waals surface area contributed by atoms with Crippen molar-refractivity contribution in [3.8, 4) is 0 Å². The highest BCUT2D eigenvalue weighted by Crippen LogP contribution is 2.54. The van der Waals surface area contributed by atoms with Crippen molar-refractivity contribution < 1.29 is 13.9 Å². The van der Waals surface area contributed by atoms with Crippen molar-refractivity contribution in [2.75, 3.05) is 36.5 Å². The summed E-state index contributed by atoms with van der Waals surface area (Å²) in [6.45, 7) is 2.20. The molecule has 1 amide bonds. The lowest BCUT2D eigenvalue weighted by molar-refractivity contribution is -0.118. The molecule has 0 saturated carbocycles. The van der Waals surface area contributed by atoms with E-state index in [4.69, 9.17) is 4.74 Å². The molecule has 130 valence electrons. The molecule has 8 heteroatoms. The molecule has 1 aromatic heterocycles. The second-order valence-corrected chi connectivity index (χ2v) is 7.72. The van der Waals surface area contributed by atoms with E-state index in [2.05, 4.69) is 20.2 Å². The van der Waals surface area contributed by atoms with Gasteiger partial charge in [0.2, 0.25) is 11.9 Å². The Kier molecular flexibility index (Phi) is 4.12. The van der Waals surface area contributed by atoms with Crippen molar-refractivity contribution in [1.82, 2.24) is 15.3 Å². The molecule has 3 saturated heterocycles. The standard InChI is InChI=1S/C16H21FN4O2S/c1-24-8-14(22)18-6-11-12-7-21(15-19-4-10(17)5-20-15)9-16(12)3-2-13(11)23-16/h4-5,11-13H,2-3,6-9H2,1H3,(H,18,22)/t11-,12+,13+,16+/m0/s1. The summed E-state index contributed by atoms with van der Waals surface area (Å²) in [5.41, 5.74) is -0.155. The Morgan fingerprint density at radius 2 is 2.33 bits per heavy atom. The van der Waals surface area contributed by atoms with Gasteiger partial charge >= 0.3 is 0 Å². The normalized spacial score (nSPS) is 33.8. The van der Waals surface area contributed by atoms with Gasteiger partial charge in [0.05, 0.1) is 36.4 Å². The highest BCUT2D eigenvalue weighted by Gasteiger charge is 2.63. The molecule has 1 aromatic rings. The second-order valence-electron chi connectivity index (χ2n) is 6.85. The van der Waals surface area contributed by atoms with E-state index in [-0.39, 0.29) is 17.6 Å². The van der Waals surface area contributed by atoms with Crippen LogP contribution in [0.5, 0.6) is 0 Å². The summed E-state index contributed by atoms with van der Waals surface area (Å²) < 4.78 is 19.4. The molecule has 0 radical (unpaired) electrons. The molecule has 3 fully saturated rings. The van der Waals surface area contributed by atoms with Gasteiger partial charge in [-0.25, -0.2) is 14.4 Å². The predicted molar refractivity (Wildman–Crippen MR) is 89.4 cm³/mol. The average Bonchev–Trinajstić information content (AvgIpc) is 3.22. The molecule has 2 bridgehead atoms. The molecule has 1 N–H and O–H groups in total. The van der Waals surface area contributed by atoms with Crippen LogP contribution in [0.2, 0.25) is 0 Å². The second kappa shape index (κ2) is 6.15. The van der Waals surface area contributed by atoms with E-state index in [1.807, 2.05) is 6.26 Å². The quantitative estimate of drug-likeness (QED) is 0.855. The van der Waals surface area contributed by atoms with Crippen molar-refractivity contribution in [3.05, 3.63) is 18.2 Å². The molecule has 4 rings (SSSR count). The summed E-state index contributed by atoms with van der Waals surface area (Å²) in [6.07, 6.45) is 6.64. The van der Waals surface area contributed by atoms with Crippen LogP contribution in [0.4, 0.5) is 10.3 Å². The third-order valence-corrected chi connectivity index (χ3v) is 6.03. The lowest BCUT2D eigenvalue weighted by Crippen LogP contribution is -2.42. The molecular weight excluding hydrogens is 331 g/mol. The van der Waals surface area contributed by atoms with Crippen LogP contribution in [0, 0.1) is 17.7 Å². The van der Waals surface area contributed by atoms with Gasteiger partial charge in [0, 0.05) is 24.9 Å². The molecule has 4 atom stereocenters. The number of fused-ring (bicyclic) bond motifs is 1. The number of anilines is 1. The number of aromatic nitrogens is 2. The first-order valence-electron chi connectivity index (χ1n) is 8.27. The lowest BCUT2D eigenvalue weighted by atomic mass is 9.73. The molecule has 0 unspecified atom stereocenters. The number of hydrogen-bond acceptors (Lipinski definition) is 6. The zero-order chi connectivity index (χ0) is 16.7. The van der Waals surface area contributed by atoms with Gasteiger partial charge in [0.25, 0.3) is 0 Å². The molecular formula is C16H21FN4O2S. The molecule has 1 spiro atoms. The van der Waals surface area contributed by atoms with Crippen LogP contribution in [0.1, 0.15) is 12.8 Å². The van der Waals surface area contributed by atoms with Gasteiger partial charge in [-0.2, -0.15) is 11.8 Å². The molecule has 0 aliphatic carbocycles. The monoisotopic (exact) mass is 352 g/mol. The van der Waals surface area contributed by atoms with E-state index in [9.17, 15) is 9.18 Å². The van der Waals surface area contributed by atoms with Gasteiger partial charge in [0.1, 0.15) is 0 Å². The molecule has 6 nitrogen and oxygen atoms in total. The predicted octanol–water partition coefficient (Wildman–Crippen LogP) is 1.08. The Hall–Kier alpha value is -1.41. The van der Waals surface area contributed by atoms with Crippen LogP contribution >= 0.6 is 11.8 Å². The molecule has 24 heavy (non-hydrogen) atoms. The zero-order valence-electron chi connectivity index (χ0n) is 13.6. The molecule has 0 aromatic carbocycles. The minimum atomic E-state index is -0.428. The number of ether oxygens (including phenoxy) is 1. The maximum atomic E-state index is 13.0. The molecule has 3 aliphatic rings. The highest BCUT2D eigenvalue weighted by molar-refractivity contribution is 7.99. The fourth-order valence-corrected chi connectivity index (χ4v) is 4.86. The van der Waals surface area contributed by atoms with Gasteiger partial charge < -0.3 is 15.0 Å². The lowest BCUT2D eigenvalue weighted by Gasteiger charge is -2.29. The van der Waals surface area contributed by atoms with Crippen LogP contribution in [0.25, 0.3) is 0 Å². The van der Waals surface area contributed by atoms with Gasteiger partial charge in [-0.1, -0.05) is 0 Å². The topological polar surface area (TPSA) is 67.4 Å². The van der Waals surface area contributed by atoms with E-state index < -0.39 is 5.82 Å². The minimum Gasteiger partial charge on any atom is -0.369 e. The first-order valence-corrected chi connectivity index (χ1v) is 9.67. The van der Waals surface area contributed by atoms with Crippen molar-refractivity contribution >= 4 is 23.6 Å². The first kappa shape index (κ1) is 16.1. The summed E-state index contributed by atoms with van der Waals surface area (Å²) in [5.74, 6) is 1.38. The smallest absolute Gasteiger partial charge is 0.229 e. The Labute approximate surface area is 144 Å². The largest absolute Gasteiger partial charge is 0.369 e. The average molecular weight is 352 g/mol. The maximum absolute atomic E-state index is 13.0. The van der Waals surface area contributed by atoms with Crippen molar-refractivity contribution in [2.45, 2.75) is 24.5 Å². The van der Waals surface area contributed by atoms with Crippen molar-refractivity contribution in [2.24, 2.45) is 11.8 Å². The number of nitrogens with one attached hydrogen (secondary N) is 1. The summed E-state index contributed by atoms with van der Waals surface area (Å²) in [5, 5.41) is 3.04. The van der Waals surface area contributed by atoms with Crippen molar-refractivity contribution in [3.63, 3.8) is 0 Å². The van der Waals surface area contributed by atoms with Crippen LogP contribution in [0.3, 0.4) is 0 Å². The Balaban J connectivity index is 1.46. The SMILES string of the molecule is CSCC(=O)NC[C@H]1[C@H]2CN(c3ncc(F)cn3)C[C@]23CC[C@H]1O3. The Morgan fingerprint density at radius 1 is 1.54 bits per heavy atom. The third-order valence-electron chi connectivity index (χ3n) is 5.48. The Bertz CT molecular complexity index is 631.